The fourth-order valence-corrected chi connectivity index (χ4v) is 2.92. The Morgan fingerprint density at radius 3 is 2.74 bits per heavy atom. The Morgan fingerprint density at radius 2 is 1.96 bits per heavy atom. The summed E-state index contributed by atoms with van der Waals surface area (Å²) in [7, 11) is 0. The molecule has 1 heterocycles. The highest BCUT2D eigenvalue weighted by atomic mass is 35.5. The van der Waals surface area contributed by atoms with Gasteiger partial charge in [0.2, 0.25) is 0 Å². The second-order valence-electron chi connectivity index (χ2n) is 5.57. The van der Waals surface area contributed by atoms with Crippen LogP contribution in [0.25, 0.3) is 10.9 Å². The Kier molecular flexibility index (Phi) is 4.60. The van der Waals surface area contributed by atoms with Crippen molar-refractivity contribution in [3.8, 4) is 0 Å². The molecule has 0 bridgehead atoms. The van der Waals surface area contributed by atoms with E-state index in [1.807, 2.05) is 31.3 Å². The molecule has 0 saturated carbocycles. The van der Waals surface area contributed by atoms with E-state index in [0.717, 1.165) is 11.9 Å². The van der Waals surface area contributed by atoms with Gasteiger partial charge in [0.05, 0.1) is 10.0 Å². The van der Waals surface area contributed by atoms with Crippen molar-refractivity contribution in [3.63, 3.8) is 0 Å². The lowest BCUT2D eigenvalue weighted by Crippen LogP contribution is -2.34. The van der Waals surface area contributed by atoms with Crippen LogP contribution in [-0.4, -0.2) is 16.9 Å². The molecule has 3 aromatic rings. The van der Waals surface area contributed by atoms with Crippen molar-refractivity contribution >= 4 is 40.0 Å². The maximum atomic E-state index is 12.3. The summed E-state index contributed by atoms with van der Waals surface area (Å²) in [6.07, 6.45) is 2.74. The number of rotatable bonds is 4. The van der Waals surface area contributed by atoms with Crippen LogP contribution in [0.3, 0.4) is 0 Å². The van der Waals surface area contributed by atoms with Crippen molar-refractivity contribution in [2.45, 2.75) is 19.4 Å². The molecule has 2 aromatic carbocycles. The molecule has 0 aliphatic carbocycles. The number of hydrogen-bond acceptors (Lipinski definition) is 1. The summed E-state index contributed by atoms with van der Waals surface area (Å²) in [5.74, 6) is -0.157. The zero-order chi connectivity index (χ0) is 16.4. The third kappa shape index (κ3) is 3.52. The van der Waals surface area contributed by atoms with Gasteiger partial charge in [-0.25, -0.2) is 0 Å². The van der Waals surface area contributed by atoms with Gasteiger partial charge in [0.1, 0.15) is 0 Å². The van der Waals surface area contributed by atoms with Gasteiger partial charge in [-0.1, -0.05) is 41.4 Å². The van der Waals surface area contributed by atoms with E-state index in [1.165, 1.54) is 10.9 Å². The zero-order valence-corrected chi connectivity index (χ0v) is 14.1. The van der Waals surface area contributed by atoms with E-state index in [9.17, 15) is 4.79 Å². The van der Waals surface area contributed by atoms with Gasteiger partial charge in [-0.05, 0) is 43.2 Å². The Morgan fingerprint density at radius 1 is 1.17 bits per heavy atom. The first kappa shape index (κ1) is 15.9. The standard InChI is InChI=1S/C18H16Cl2N2O/c1-11(8-13-10-21-17-5-3-2-4-14(13)17)22-18(23)12-6-7-15(19)16(20)9-12/h2-7,9-11,21H,8H2,1H3,(H,22,23)/t11-/m1/s1. The van der Waals surface area contributed by atoms with Gasteiger partial charge in [-0.2, -0.15) is 0 Å². The average Bonchev–Trinajstić information content (AvgIpc) is 2.93. The molecule has 0 fully saturated rings. The van der Waals surface area contributed by atoms with Gasteiger partial charge in [-0.15, -0.1) is 0 Å². The molecule has 118 valence electrons. The van der Waals surface area contributed by atoms with Crippen molar-refractivity contribution in [1.82, 2.24) is 10.3 Å². The molecule has 0 saturated heterocycles. The second kappa shape index (κ2) is 6.65. The van der Waals surface area contributed by atoms with E-state index in [0.29, 0.717) is 15.6 Å². The van der Waals surface area contributed by atoms with Crippen LogP contribution in [0.1, 0.15) is 22.8 Å². The third-order valence-electron chi connectivity index (χ3n) is 3.76. The number of para-hydroxylation sites is 1. The number of halogens is 2. The highest BCUT2D eigenvalue weighted by Gasteiger charge is 2.13. The van der Waals surface area contributed by atoms with Crippen LogP contribution < -0.4 is 5.32 Å². The van der Waals surface area contributed by atoms with Crippen LogP contribution in [0.2, 0.25) is 10.0 Å². The number of carbonyl (C=O) groups excluding carboxylic acids is 1. The monoisotopic (exact) mass is 346 g/mol. The van der Waals surface area contributed by atoms with Gasteiger partial charge in [-0.3, -0.25) is 4.79 Å². The molecule has 0 aliphatic rings. The largest absolute Gasteiger partial charge is 0.361 e. The highest BCUT2D eigenvalue weighted by molar-refractivity contribution is 6.42. The van der Waals surface area contributed by atoms with Crippen molar-refractivity contribution in [2.75, 3.05) is 0 Å². The summed E-state index contributed by atoms with van der Waals surface area (Å²) in [5, 5.41) is 4.99. The van der Waals surface area contributed by atoms with E-state index in [1.54, 1.807) is 18.2 Å². The van der Waals surface area contributed by atoms with Gasteiger partial charge in [0, 0.05) is 28.7 Å². The summed E-state index contributed by atoms with van der Waals surface area (Å²) in [4.78, 5) is 15.5. The van der Waals surface area contributed by atoms with Crippen LogP contribution >= 0.6 is 23.2 Å². The summed E-state index contributed by atoms with van der Waals surface area (Å²) < 4.78 is 0. The first-order valence-corrected chi connectivity index (χ1v) is 8.11. The molecule has 1 atom stereocenters. The number of nitrogens with one attached hydrogen (secondary N) is 2. The van der Waals surface area contributed by atoms with Gasteiger partial charge in [0.15, 0.2) is 0 Å². The van der Waals surface area contributed by atoms with E-state index < -0.39 is 0 Å². The minimum absolute atomic E-state index is 0.00356. The third-order valence-corrected chi connectivity index (χ3v) is 4.50. The normalized spacial score (nSPS) is 12.3. The first-order valence-electron chi connectivity index (χ1n) is 7.35. The van der Waals surface area contributed by atoms with Crippen molar-refractivity contribution < 1.29 is 4.79 Å². The van der Waals surface area contributed by atoms with Crippen LogP contribution in [-0.2, 0) is 6.42 Å². The summed E-state index contributed by atoms with van der Waals surface area (Å²) >= 11 is 11.8. The van der Waals surface area contributed by atoms with Crippen molar-refractivity contribution in [1.29, 1.82) is 0 Å². The van der Waals surface area contributed by atoms with Crippen molar-refractivity contribution in [2.24, 2.45) is 0 Å². The number of amides is 1. The maximum Gasteiger partial charge on any atom is 0.251 e. The van der Waals surface area contributed by atoms with Crippen molar-refractivity contribution in [3.05, 3.63) is 69.8 Å². The molecular formula is C18H16Cl2N2O. The molecule has 3 rings (SSSR count). The molecule has 0 spiro atoms. The molecular weight excluding hydrogens is 331 g/mol. The predicted molar refractivity (Wildman–Crippen MR) is 95.4 cm³/mol. The summed E-state index contributed by atoms with van der Waals surface area (Å²) in [6.45, 7) is 1.98. The average molecular weight is 347 g/mol. The van der Waals surface area contributed by atoms with Crippen LogP contribution in [0.15, 0.2) is 48.7 Å². The SMILES string of the molecule is C[C@H](Cc1c[nH]c2ccccc12)NC(=O)c1ccc(Cl)c(Cl)c1. The molecule has 0 aliphatic heterocycles. The molecule has 3 nitrogen and oxygen atoms in total. The minimum atomic E-state index is -0.157. The smallest absolute Gasteiger partial charge is 0.251 e. The number of H-pyrrole nitrogens is 1. The summed E-state index contributed by atoms with van der Waals surface area (Å²) in [5.41, 5.74) is 2.79. The van der Waals surface area contributed by atoms with E-state index in [4.69, 9.17) is 23.2 Å². The Hall–Kier alpha value is -1.97. The Bertz CT molecular complexity index is 857. The van der Waals surface area contributed by atoms with Crippen LogP contribution in [0.5, 0.6) is 0 Å². The topological polar surface area (TPSA) is 44.9 Å². The molecule has 5 heteroatoms. The number of aromatic nitrogens is 1. The minimum Gasteiger partial charge on any atom is -0.361 e. The molecule has 1 amide bonds. The van der Waals surface area contributed by atoms with Gasteiger partial charge >= 0.3 is 0 Å². The second-order valence-corrected chi connectivity index (χ2v) is 6.38. The number of hydrogen-bond donors (Lipinski definition) is 2. The molecule has 2 N–H and O–H groups in total. The predicted octanol–water partition coefficient (Wildman–Crippen LogP) is 4.84. The quantitative estimate of drug-likeness (QED) is 0.697. The van der Waals surface area contributed by atoms with Gasteiger partial charge in [0.25, 0.3) is 5.91 Å². The summed E-state index contributed by atoms with van der Waals surface area (Å²) in [6, 6.07) is 13.0. The highest BCUT2D eigenvalue weighted by Crippen LogP contribution is 2.23. The van der Waals surface area contributed by atoms with Gasteiger partial charge < -0.3 is 10.3 Å². The lowest BCUT2D eigenvalue weighted by atomic mass is 10.1. The first-order chi connectivity index (χ1) is 11.0. The zero-order valence-electron chi connectivity index (χ0n) is 12.6. The molecule has 1 aromatic heterocycles. The van der Waals surface area contributed by atoms with Crippen LogP contribution in [0.4, 0.5) is 0 Å². The number of fused-ring (bicyclic) bond motifs is 1. The van der Waals surface area contributed by atoms with E-state index in [-0.39, 0.29) is 11.9 Å². The molecule has 23 heavy (non-hydrogen) atoms. The Balaban J connectivity index is 1.70. The van der Waals surface area contributed by atoms with E-state index >= 15 is 0 Å². The fraction of sp³-hybridized carbons (Fsp3) is 0.167. The lowest BCUT2D eigenvalue weighted by Gasteiger charge is -2.14. The molecule has 0 radical (unpaired) electrons. The molecule has 0 unspecified atom stereocenters. The maximum absolute atomic E-state index is 12.3. The van der Waals surface area contributed by atoms with Crippen LogP contribution in [0, 0.1) is 0 Å². The Labute approximate surface area is 144 Å². The van der Waals surface area contributed by atoms with E-state index in [2.05, 4.69) is 16.4 Å². The number of aromatic amines is 1. The number of benzene rings is 2. The lowest BCUT2D eigenvalue weighted by molar-refractivity contribution is 0.0940. The number of carbonyl (C=O) groups is 1. The fourth-order valence-electron chi connectivity index (χ4n) is 2.63.